The van der Waals surface area contributed by atoms with Crippen LogP contribution in [0.2, 0.25) is 0 Å². The van der Waals surface area contributed by atoms with Crippen molar-refractivity contribution in [2.24, 2.45) is 0 Å². The number of aromatic nitrogens is 1. The van der Waals surface area contributed by atoms with Gasteiger partial charge in [0.2, 0.25) is 0 Å². The largest absolute Gasteiger partial charge is 0.384 e. The molecule has 0 aliphatic rings. The zero-order chi connectivity index (χ0) is 14.3. The number of hydrogen-bond acceptors (Lipinski definition) is 4. The van der Waals surface area contributed by atoms with E-state index < -0.39 is 0 Å². The molecular weight excluding hydrogens is 240 g/mol. The molecule has 0 saturated carbocycles. The molecule has 0 radical (unpaired) electrons. The highest BCUT2D eigenvalue weighted by molar-refractivity contribution is 5.79. The van der Waals surface area contributed by atoms with E-state index in [-0.39, 0.29) is 18.0 Å². The van der Waals surface area contributed by atoms with Crippen LogP contribution in [-0.4, -0.2) is 23.0 Å². The number of unbranched alkanes of at least 4 members (excludes halogenated alkanes) is 1. The number of rotatable bonds is 7. The van der Waals surface area contributed by atoms with Gasteiger partial charge >= 0.3 is 0 Å². The lowest BCUT2D eigenvalue weighted by Crippen LogP contribution is -2.23. The fraction of sp³-hybridized carbons (Fsp3) is 0.600. The first-order valence-electron chi connectivity index (χ1n) is 6.73. The van der Waals surface area contributed by atoms with Crippen LogP contribution < -0.4 is 5.73 Å². The van der Waals surface area contributed by atoms with Crippen molar-refractivity contribution in [3.05, 3.63) is 23.9 Å². The lowest BCUT2D eigenvalue weighted by molar-refractivity contribution is -0.128. The Bertz CT molecular complexity index is 394. The van der Waals surface area contributed by atoms with Gasteiger partial charge in [0.25, 0.3) is 0 Å². The van der Waals surface area contributed by atoms with E-state index in [9.17, 15) is 4.79 Å². The van der Waals surface area contributed by atoms with Gasteiger partial charge in [-0.15, -0.1) is 0 Å². The third-order valence-electron chi connectivity index (χ3n) is 2.68. The van der Waals surface area contributed by atoms with Gasteiger partial charge in [0.05, 0.1) is 5.60 Å². The maximum absolute atomic E-state index is 11.6. The van der Waals surface area contributed by atoms with Crippen molar-refractivity contribution < 1.29 is 9.53 Å². The summed E-state index contributed by atoms with van der Waals surface area (Å²) in [6, 6.07) is 3.78. The van der Waals surface area contributed by atoms with Crippen LogP contribution in [0.3, 0.4) is 0 Å². The molecule has 0 saturated heterocycles. The summed E-state index contributed by atoms with van der Waals surface area (Å²) in [5.41, 5.74) is 6.44. The van der Waals surface area contributed by atoms with E-state index in [1.54, 1.807) is 12.3 Å². The molecule has 0 fully saturated rings. The maximum atomic E-state index is 11.6. The Kier molecular flexibility index (Phi) is 5.96. The predicted molar refractivity (Wildman–Crippen MR) is 76.9 cm³/mol. The molecule has 4 heteroatoms. The Labute approximate surface area is 115 Å². The van der Waals surface area contributed by atoms with Crippen LogP contribution in [0.25, 0.3) is 0 Å². The summed E-state index contributed by atoms with van der Waals surface area (Å²) in [6.45, 7) is 6.07. The van der Waals surface area contributed by atoms with E-state index in [0.29, 0.717) is 12.2 Å². The van der Waals surface area contributed by atoms with Crippen LogP contribution in [0.1, 0.15) is 45.6 Å². The van der Waals surface area contributed by atoms with E-state index in [2.05, 4.69) is 4.98 Å². The zero-order valence-corrected chi connectivity index (χ0v) is 12.1. The summed E-state index contributed by atoms with van der Waals surface area (Å²) < 4.78 is 5.45. The molecule has 4 nitrogen and oxygen atoms in total. The molecule has 1 rings (SSSR count). The molecule has 0 aromatic carbocycles. The second-order valence-corrected chi connectivity index (χ2v) is 5.74. The molecule has 0 atom stereocenters. The third kappa shape index (κ3) is 7.57. The predicted octanol–water partition coefficient (Wildman–Crippen LogP) is 2.76. The Balaban J connectivity index is 2.13. The number of ketones is 1. The van der Waals surface area contributed by atoms with Crippen molar-refractivity contribution in [2.45, 2.75) is 52.1 Å². The summed E-state index contributed by atoms with van der Waals surface area (Å²) in [5.74, 6) is 0.712. The molecule has 0 bridgehead atoms. The van der Waals surface area contributed by atoms with E-state index in [1.807, 2.05) is 26.8 Å². The first-order chi connectivity index (χ1) is 8.87. The van der Waals surface area contributed by atoms with Gasteiger partial charge in [0, 0.05) is 12.6 Å². The normalized spacial score (nSPS) is 11.5. The molecule has 0 aliphatic heterocycles. The van der Waals surface area contributed by atoms with Crippen molar-refractivity contribution in [1.82, 2.24) is 4.98 Å². The van der Waals surface area contributed by atoms with Crippen LogP contribution in [-0.2, 0) is 16.0 Å². The fourth-order valence-electron chi connectivity index (χ4n) is 1.60. The first-order valence-corrected chi connectivity index (χ1v) is 6.73. The Morgan fingerprint density at radius 1 is 1.32 bits per heavy atom. The number of hydrogen-bond donors (Lipinski definition) is 1. The average Bonchev–Trinajstić information content (AvgIpc) is 2.33. The lowest BCUT2D eigenvalue weighted by atomic mass is 10.1. The summed E-state index contributed by atoms with van der Waals surface area (Å²) in [6.07, 6.45) is 5.17. The molecule has 0 amide bonds. The molecule has 2 N–H and O–H groups in total. The van der Waals surface area contributed by atoms with Crippen molar-refractivity contribution in [3.8, 4) is 0 Å². The van der Waals surface area contributed by atoms with E-state index in [1.165, 1.54) is 0 Å². The Morgan fingerprint density at radius 2 is 2.05 bits per heavy atom. The van der Waals surface area contributed by atoms with Crippen molar-refractivity contribution in [3.63, 3.8) is 0 Å². The van der Waals surface area contributed by atoms with Crippen LogP contribution in [0.5, 0.6) is 0 Å². The van der Waals surface area contributed by atoms with E-state index in [4.69, 9.17) is 10.5 Å². The van der Waals surface area contributed by atoms with Gasteiger partial charge in [-0.2, -0.15) is 0 Å². The smallest absolute Gasteiger partial charge is 0.158 e. The second kappa shape index (κ2) is 7.24. The second-order valence-electron chi connectivity index (χ2n) is 5.74. The molecule has 1 aromatic heterocycles. The van der Waals surface area contributed by atoms with Gasteiger partial charge in [0.15, 0.2) is 5.78 Å². The molecule has 0 aliphatic carbocycles. The number of nitrogens with two attached hydrogens (primary N) is 1. The molecular formula is C15H24N2O2. The summed E-state index contributed by atoms with van der Waals surface area (Å²) in [5, 5.41) is 0. The minimum Gasteiger partial charge on any atom is -0.384 e. The average molecular weight is 264 g/mol. The van der Waals surface area contributed by atoms with Gasteiger partial charge in [-0.3, -0.25) is 4.79 Å². The molecule has 0 spiro atoms. The number of aryl methyl sites for hydroxylation is 1. The number of anilines is 1. The van der Waals surface area contributed by atoms with Crippen molar-refractivity contribution >= 4 is 11.6 Å². The number of ether oxygens (including phenoxy) is 1. The van der Waals surface area contributed by atoms with Crippen LogP contribution in [0, 0.1) is 0 Å². The van der Waals surface area contributed by atoms with E-state index >= 15 is 0 Å². The maximum Gasteiger partial charge on any atom is 0.158 e. The molecule has 0 unspecified atom stereocenters. The number of carbonyl (C=O) groups excluding carboxylic acids is 1. The number of carbonyl (C=O) groups is 1. The van der Waals surface area contributed by atoms with Crippen LogP contribution in [0.4, 0.5) is 5.82 Å². The topological polar surface area (TPSA) is 65.2 Å². The van der Waals surface area contributed by atoms with E-state index in [0.717, 1.165) is 24.8 Å². The highest BCUT2D eigenvalue weighted by Gasteiger charge is 2.12. The minimum absolute atomic E-state index is 0.172. The lowest BCUT2D eigenvalue weighted by Gasteiger charge is -2.18. The minimum atomic E-state index is -0.245. The van der Waals surface area contributed by atoms with Gasteiger partial charge in [-0.25, -0.2) is 4.98 Å². The monoisotopic (exact) mass is 264 g/mol. The van der Waals surface area contributed by atoms with Gasteiger partial charge in [0.1, 0.15) is 12.4 Å². The fourth-order valence-corrected chi connectivity index (χ4v) is 1.60. The zero-order valence-electron chi connectivity index (χ0n) is 12.1. The number of nitrogen functional groups attached to an aromatic ring is 1. The van der Waals surface area contributed by atoms with Crippen LogP contribution >= 0.6 is 0 Å². The number of nitrogens with zero attached hydrogens (tertiary/aromatic N) is 1. The van der Waals surface area contributed by atoms with Gasteiger partial charge in [-0.05, 0) is 51.7 Å². The summed E-state index contributed by atoms with van der Waals surface area (Å²) in [7, 11) is 0. The molecule has 106 valence electrons. The SMILES string of the molecule is CC(C)(C)OCC(=O)CCCCc1ccc(N)nc1. The molecule has 19 heavy (non-hydrogen) atoms. The summed E-state index contributed by atoms with van der Waals surface area (Å²) in [4.78, 5) is 15.6. The molecule has 1 heterocycles. The molecule has 1 aromatic rings. The van der Waals surface area contributed by atoms with Gasteiger partial charge < -0.3 is 10.5 Å². The first kappa shape index (κ1) is 15.6. The quantitative estimate of drug-likeness (QED) is 0.769. The Morgan fingerprint density at radius 3 is 2.63 bits per heavy atom. The van der Waals surface area contributed by atoms with Gasteiger partial charge in [-0.1, -0.05) is 6.07 Å². The van der Waals surface area contributed by atoms with Crippen LogP contribution in [0.15, 0.2) is 18.3 Å². The third-order valence-corrected chi connectivity index (χ3v) is 2.68. The summed E-state index contributed by atoms with van der Waals surface area (Å²) >= 11 is 0. The number of Topliss-reactive ketones (excluding diaryl/α,β-unsaturated/α-hetero) is 1. The number of pyridine rings is 1. The van der Waals surface area contributed by atoms with Crippen molar-refractivity contribution in [2.75, 3.05) is 12.3 Å². The standard InChI is InChI=1S/C15H24N2O2/c1-15(2,3)19-11-13(18)7-5-4-6-12-8-9-14(16)17-10-12/h8-10H,4-7,11H2,1-3H3,(H2,16,17). The Hall–Kier alpha value is -1.42. The highest BCUT2D eigenvalue weighted by Crippen LogP contribution is 2.09. The highest BCUT2D eigenvalue weighted by atomic mass is 16.5. The van der Waals surface area contributed by atoms with Crippen molar-refractivity contribution in [1.29, 1.82) is 0 Å².